The van der Waals surface area contributed by atoms with Crippen molar-refractivity contribution < 1.29 is 12.8 Å². The topological polar surface area (TPSA) is 55.9 Å². The van der Waals surface area contributed by atoms with Gasteiger partial charge in [0.15, 0.2) is 0 Å². The summed E-state index contributed by atoms with van der Waals surface area (Å²) < 4.78 is 40.0. The lowest BCUT2D eigenvalue weighted by atomic mass is 10.1. The first-order valence-electron chi connectivity index (χ1n) is 10.7. The summed E-state index contributed by atoms with van der Waals surface area (Å²) in [7, 11) is -3.83. The minimum Gasteiger partial charge on any atom is -0.379 e. The van der Waals surface area contributed by atoms with E-state index in [-0.39, 0.29) is 15.8 Å². The zero-order valence-corrected chi connectivity index (χ0v) is 18.4. The van der Waals surface area contributed by atoms with E-state index in [1.165, 1.54) is 30.0 Å². The summed E-state index contributed by atoms with van der Waals surface area (Å²) >= 11 is 0. The number of rotatable bonds is 5. The van der Waals surface area contributed by atoms with Crippen LogP contribution in [0, 0.1) is 5.82 Å². The third kappa shape index (κ3) is 4.09. The molecule has 8 heteroatoms. The lowest BCUT2D eigenvalue weighted by molar-refractivity contribution is 0.00818. The van der Waals surface area contributed by atoms with Crippen molar-refractivity contribution in [1.82, 2.24) is 20.2 Å². The molecule has 2 aromatic rings. The largest absolute Gasteiger partial charge is 0.379 e. The molecule has 1 fully saturated rings. The van der Waals surface area contributed by atoms with E-state index in [4.69, 9.17) is 0 Å². The molecular weight excluding hydrogens is 427 g/mol. The summed E-state index contributed by atoms with van der Waals surface area (Å²) in [5, 5.41) is 7.31. The molecule has 2 aromatic carbocycles. The summed E-state index contributed by atoms with van der Waals surface area (Å²) in [6.07, 6.45) is 7.32. The molecule has 1 atom stereocenters. The van der Waals surface area contributed by atoms with Gasteiger partial charge in [0.05, 0.1) is 15.8 Å². The first-order chi connectivity index (χ1) is 15.5. The zero-order chi connectivity index (χ0) is 22.1. The average molecular weight is 453 g/mol. The summed E-state index contributed by atoms with van der Waals surface area (Å²) in [5.41, 5.74) is 1.97. The van der Waals surface area contributed by atoms with Gasteiger partial charge in [-0.15, -0.1) is 0 Å². The molecule has 0 aromatic heterocycles. The van der Waals surface area contributed by atoms with E-state index < -0.39 is 15.7 Å². The number of hydrazine groups is 1. The molecule has 3 aliphatic heterocycles. The van der Waals surface area contributed by atoms with Crippen molar-refractivity contribution in [2.45, 2.75) is 17.5 Å². The Bertz CT molecular complexity index is 1190. The molecule has 6 nitrogen and oxygen atoms in total. The van der Waals surface area contributed by atoms with E-state index in [1.54, 1.807) is 0 Å². The number of sulfone groups is 1. The first-order valence-corrected chi connectivity index (χ1v) is 12.2. The highest BCUT2D eigenvalue weighted by Gasteiger charge is 2.35. The van der Waals surface area contributed by atoms with Crippen LogP contribution < -0.4 is 5.32 Å². The Morgan fingerprint density at radius 1 is 1.00 bits per heavy atom. The predicted octanol–water partition coefficient (Wildman–Crippen LogP) is 2.86. The number of hydrogen-bond acceptors (Lipinski definition) is 6. The normalized spacial score (nSPS) is 21.7. The second kappa shape index (κ2) is 8.54. The second-order valence-corrected chi connectivity index (χ2v) is 10.1. The Balaban J connectivity index is 1.29. The average Bonchev–Trinajstić information content (AvgIpc) is 3.24. The van der Waals surface area contributed by atoms with E-state index in [0.717, 1.165) is 38.8 Å². The molecule has 0 bridgehead atoms. The minimum atomic E-state index is -3.83. The van der Waals surface area contributed by atoms with Crippen LogP contribution in [0.1, 0.15) is 5.56 Å². The Morgan fingerprint density at radius 2 is 1.78 bits per heavy atom. The Hall–Kier alpha value is -2.94. The van der Waals surface area contributed by atoms with Gasteiger partial charge in [0.1, 0.15) is 5.82 Å². The number of hydrogen-bond donors (Lipinski definition) is 1. The molecule has 1 N–H and O–H groups in total. The maximum absolute atomic E-state index is 13.6. The van der Waals surface area contributed by atoms with Gasteiger partial charge in [-0.2, -0.15) is 0 Å². The summed E-state index contributed by atoms with van der Waals surface area (Å²) in [6.45, 7) is 4.46. The summed E-state index contributed by atoms with van der Waals surface area (Å²) in [4.78, 5) is 2.57. The zero-order valence-electron chi connectivity index (χ0n) is 17.6. The summed E-state index contributed by atoms with van der Waals surface area (Å²) in [5.74, 6) is -0.568. The Kier molecular flexibility index (Phi) is 5.58. The van der Waals surface area contributed by atoms with E-state index in [0.29, 0.717) is 5.57 Å². The van der Waals surface area contributed by atoms with Crippen molar-refractivity contribution in [3.05, 3.63) is 101 Å². The van der Waals surface area contributed by atoms with Crippen molar-refractivity contribution in [2.75, 3.05) is 26.2 Å². The van der Waals surface area contributed by atoms with Crippen molar-refractivity contribution in [1.29, 1.82) is 0 Å². The fourth-order valence-electron chi connectivity index (χ4n) is 4.29. The van der Waals surface area contributed by atoms with Gasteiger partial charge in [-0.1, -0.05) is 36.4 Å². The summed E-state index contributed by atoms with van der Waals surface area (Å²) in [6, 6.07) is 15.4. The van der Waals surface area contributed by atoms with Crippen LogP contribution in [0.4, 0.5) is 4.39 Å². The number of halogens is 1. The number of nitrogens with one attached hydrogen (secondary N) is 1. The predicted molar refractivity (Wildman–Crippen MR) is 121 cm³/mol. The molecule has 0 spiro atoms. The van der Waals surface area contributed by atoms with Crippen LogP contribution in [0.25, 0.3) is 0 Å². The van der Waals surface area contributed by atoms with E-state index in [2.05, 4.69) is 39.5 Å². The van der Waals surface area contributed by atoms with E-state index in [9.17, 15) is 12.8 Å². The van der Waals surface area contributed by atoms with Gasteiger partial charge < -0.3 is 5.32 Å². The molecule has 0 aliphatic carbocycles. The molecule has 32 heavy (non-hydrogen) atoms. The van der Waals surface area contributed by atoms with Crippen LogP contribution in [0.15, 0.2) is 94.6 Å². The van der Waals surface area contributed by atoms with Gasteiger partial charge in [0, 0.05) is 56.9 Å². The van der Waals surface area contributed by atoms with Gasteiger partial charge in [-0.05, 0) is 29.8 Å². The van der Waals surface area contributed by atoms with Gasteiger partial charge >= 0.3 is 0 Å². The molecule has 166 valence electrons. The first kappa shape index (κ1) is 20.9. The maximum Gasteiger partial charge on any atom is 0.208 e. The van der Waals surface area contributed by atoms with Crippen molar-refractivity contribution >= 4 is 9.84 Å². The van der Waals surface area contributed by atoms with Gasteiger partial charge in [-0.25, -0.2) is 17.8 Å². The van der Waals surface area contributed by atoms with Crippen LogP contribution in [0.3, 0.4) is 0 Å². The third-order valence-electron chi connectivity index (χ3n) is 6.04. The quantitative estimate of drug-likeness (QED) is 0.753. The molecule has 3 aliphatic rings. The van der Waals surface area contributed by atoms with E-state index in [1.807, 2.05) is 29.6 Å². The highest BCUT2D eigenvalue weighted by atomic mass is 32.2. The van der Waals surface area contributed by atoms with Crippen molar-refractivity contribution in [3.63, 3.8) is 0 Å². The Labute approximate surface area is 187 Å². The highest BCUT2D eigenvalue weighted by molar-refractivity contribution is 7.95. The van der Waals surface area contributed by atoms with Crippen LogP contribution in [-0.2, 0) is 16.4 Å². The molecule has 1 unspecified atom stereocenters. The van der Waals surface area contributed by atoms with Crippen LogP contribution in [-0.4, -0.2) is 55.6 Å². The fourth-order valence-corrected chi connectivity index (χ4v) is 5.79. The number of benzene rings is 2. The number of nitrogens with zero attached hydrogens (tertiary/aromatic N) is 3. The van der Waals surface area contributed by atoms with Crippen LogP contribution in [0.5, 0.6) is 0 Å². The SMILES string of the molecule is O=S(=O)(C1=CNC2C=CN(N3CCN(Cc4ccccc4)CC3)C=C12)c1cccc(F)c1. The van der Waals surface area contributed by atoms with Gasteiger partial charge in [0.2, 0.25) is 9.84 Å². The lowest BCUT2D eigenvalue weighted by Gasteiger charge is -2.40. The van der Waals surface area contributed by atoms with Crippen molar-refractivity contribution in [3.8, 4) is 0 Å². The molecule has 0 saturated carbocycles. The number of fused-ring (bicyclic) bond motifs is 1. The Morgan fingerprint density at radius 3 is 2.53 bits per heavy atom. The molecule has 0 radical (unpaired) electrons. The van der Waals surface area contributed by atoms with E-state index >= 15 is 0 Å². The second-order valence-electron chi connectivity index (χ2n) is 8.14. The standard InChI is InChI=1S/C24H25FN4O2S/c25-20-7-4-8-21(15-20)32(30,31)24-16-26-23-9-10-29(18-22(23)24)28-13-11-27(12-14-28)17-19-5-2-1-3-6-19/h1-10,15-16,18,23,26H,11-14,17H2. The maximum atomic E-state index is 13.6. The smallest absolute Gasteiger partial charge is 0.208 e. The molecule has 3 heterocycles. The fraction of sp³-hybridized carbons (Fsp3) is 0.250. The number of piperazine rings is 1. The lowest BCUT2D eigenvalue weighted by Crippen LogP contribution is -2.51. The van der Waals surface area contributed by atoms with Gasteiger partial charge in [-0.3, -0.25) is 9.91 Å². The molecule has 5 rings (SSSR count). The van der Waals surface area contributed by atoms with Crippen molar-refractivity contribution in [2.24, 2.45) is 0 Å². The third-order valence-corrected chi connectivity index (χ3v) is 7.84. The highest BCUT2D eigenvalue weighted by Crippen LogP contribution is 2.33. The van der Waals surface area contributed by atoms with Crippen LogP contribution in [0.2, 0.25) is 0 Å². The van der Waals surface area contributed by atoms with Crippen LogP contribution >= 0.6 is 0 Å². The molecule has 1 saturated heterocycles. The monoisotopic (exact) mass is 452 g/mol. The molecular formula is C24H25FN4O2S. The van der Waals surface area contributed by atoms with Gasteiger partial charge in [0.25, 0.3) is 0 Å². The molecule has 0 amide bonds. The minimum absolute atomic E-state index is 0.0391.